The van der Waals surface area contributed by atoms with E-state index in [1.165, 1.54) is 12.1 Å². The van der Waals surface area contributed by atoms with Gasteiger partial charge < -0.3 is 5.73 Å². The van der Waals surface area contributed by atoms with Crippen LogP contribution in [0.5, 0.6) is 0 Å². The van der Waals surface area contributed by atoms with Gasteiger partial charge in [0.2, 0.25) is 0 Å². The number of hydrazine groups is 1. The number of sulfonamides is 1. The zero-order chi connectivity index (χ0) is 16.9. The fourth-order valence-electron chi connectivity index (χ4n) is 1.95. The summed E-state index contributed by atoms with van der Waals surface area (Å²) in [5, 5.41) is 0. The van der Waals surface area contributed by atoms with Gasteiger partial charge in [-0.3, -0.25) is 10.2 Å². The van der Waals surface area contributed by atoms with Gasteiger partial charge in [0, 0.05) is 0 Å². The number of aryl methyl sites for hydroxylation is 1. The predicted molar refractivity (Wildman–Crippen MR) is 87.8 cm³/mol. The minimum atomic E-state index is -3.82. The summed E-state index contributed by atoms with van der Waals surface area (Å²) in [7, 11) is -3.82. The molecule has 0 aliphatic heterocycles. The Balaban J connectivity index is 1.94. The van der Waals surface area contributed by atoms with E-state index in [0.29, 0.717) is 6.42 Å². The topological polar surface area (TPSA) is 101 Å². The van der Waals surface area contributed by atoms with E-state index in [-0.39, 0.29) is 4.90 Å². The number of hydrogen-bond donors (Lipinski definition) is 3. The molecule has 0 spiro atoms. The van der Waals surface area contributed by atoms with Crippen LogP contribution in [0.2, 0.25) is 0 Å². The van der Waals surface area contributed by atoms with Crippen LogP contribution in [0.15, 0.2) is 59.5 Å². The highest BCUT2D eigenvalue weighted by Crippen LogP contribution is 2.09. The number of nitrogens with one attached hydrogen (secondary N) is 2. The summed E-state index contributed by atoms with van der Waals surface area (Å²) in [6, 6.07) is 14.7. The van der Waals surface area contributed by atoms with Crippen LogP contribution in [0.25, 0.3) is 0 Å². The molecule has 2 aromatic carbocycles. The molecule has 7 heteroatoms. The highest BCUT2D eigenvalue weighted by molar-refractivity contribution is 7.89. The summed E-state index contributed by atoms with van der Waals surface area (Å²) in [6.07, 6.45) is 0.318. The van der Waals surface area contributed by atoms with Gasteiger partial charge in [-0.25, -0.2) is 8.42 Å². The lowest BCUT2D eigenvalue weighted by Crippen LogP contribution is -2.49. The van der Waals surface area contributed by atoms with E-state index in [2.05, 4.69) is 10.3 Å². The van der Waals surface area contributed by atoms with Gasteiger partial charge in [-0.05, 0) is 31.0 Å². The van der Waals surface area contributed by atoms with Crippen LogP contribution in [0.1, 0.15) is 11.1 Å². The molecule has 0 aromatic heterocycles. The number of carbonyl (C=O) groups is 1. The van der Waals surface area contributed by atoms with Gasteiger partial charge in [0.25, 0.3) is 15.9 Å². The molecule has 0 radical (unpaired) electrons. The lowest BCUT2D eigenvalue weighted by molar-refractivity contribution is -0.122. The average Bonchev–Trinajstić information content (AvgIpc) is 2.54. The maximum atomic E-state index is 12.1. The van der Waals surface area contributed by atoms with Crippen LogP contribution in [-0.4, -0.2) is 20.4 Å². The molecule has 0 saturated carbocycles. The molecule has 23 heavy (non-hydrogen) atoms. The third-order valence-electron chi connectivity index (χ3n) is 3.28. The molecule has 0 heterocycles. The normalized spacial score (nSPS) is 12.6. The number of rotatable bonds is 6. The molecular formula is C16H19N3O3S. The molecule has 2 aromatic rings. The zero-order valence-electron chi connectivity index (χ0n) is 12.7. The third kappa shape index (κ3) is 4.88. The quantitative estimate of drug-likeness (QED) is 0.683. The lowest BCUT2D eigenvalue weighted by Gasteiger charge is -2.13. The van der Waals surface area contributed by atoms with E-state index in [4.69, 9.17) is 5.73 Å². The maximum Gasteiger partial charge on any atom is 0.257 e. The van der Waals surface area contributed by atoms with E-state index < -0.39 is 22.0 Å². The smallest absolute Gasteiger partial charge is 0.257 e. The molecular weight excluding hydrogens is 314 g/mol. The van der Waals surface area contributed by atoms with E-state index in [1.54, 1.807) is 12.1 Å². The lowest BCUT2D eigenvalue weighted by atomic mass is 10.1. The van der Waals surface area contributed by atoms with E-state index >= 15 is 0 Å². The van der Waals surface area contributed by atoms with Crippen molar-refractivity contribution in [3.8, 4) is 0 Å². The van der Waals surface area contributed by atoms with Crippen LogP contribution >= 0.6 is 0 Å². The molecule has 0 fully saturated rings. The van der Waals surface area contributed by atoms with Crippen LogP contribution < -0.4 is 16.0 Å². The summed E-state index contributed by atoms with van der Waals surface area (Å²) in [4.78, 5) is 14.0. The number of benzene rings is 2. The molecule has 0 unspecified atom stereocenters. The van der Waals surface area contributed by atoms with E-state index in [1.807, 2.05) is 37.3 Å². The maximum absolute atomic E-state index is 12.1. The van der Waals surface area contributed by atoms with Crippen molar-refractivity contribution < 1.29 is 13.2 Å². The van der Waals surface area contributed by atoms with Crippen molar-refractivity contribution in [2.75, 3.05) is 0 Å². The Morgan fingerprint density at radius 3 is 2.30 bits per heavy atom. The molecule has 4 N–H and O–H groups in total. The molecule has 0 aliphatic rings. The van der Waals surface area contributed by atoms with Gasteiger partial charge in [0.05, 0.1) is 10.9 Å². The van der Waals surface area contributed by atoms with Crippen LogP contribution in [-0.2, 0) is 21.2 Å². The van der Waals surface area contributed by atoms with Gasteiger partial charge >= 0.3 is 0 Å². The SMILES string of the molecule is Cc1ccc(S(=O)(=O)NNC(=O)[C@@H](N)Cc2ccccc2)cc1. The van der Waals surface area contributed by atoms with Crippen molar-refractivity contribution in [2.45, 2.75) is 24.3 Å². The molecule has 0 bridgehead atoms. The summed E-state index contributed by atoms with van der Waals surface area (Å²) in [5.74, 6) is -0.593. The largest absolute Gasteiger partial charge is 0.320 e. The Morgan fingerprint density at radius 2 is 1.70 bits per heavy atom. The first-order chi connectivity index (χ1) is 10.9. The first-order valence-electron chi connectivity index (χ1n) is 7.06. The summed E-state index contributed by atoms with van der Waals surface area (Å²) >= 11 is 0. The number of carbonyl (C=O) groups excluding carboxylic acids is 1. The first-order valence-corrected chi connectivity index (χ1v) is 8.54. The third-order valence-corrected chi connectivity index (χ3v) is 4.54. The highest BCUT2D eigenvalue weighted by atomic mass is 32.2. The van der Waals surface area contributed by atoms with Crippen molar-refractivity contribution >= 4 is 15.9 Å². The Labute approximate surface area is 135 Å². The van der Waals surface area contributed by atoms with Gasteiger partial charge in [0.15, 0.2) is 0 Å². The van der Waals surface area contributed by atoms with Gasteiger partial charge in [-0.15, -0.1) is 4.83 Å². The summed E-state index contributed by atoms with van der Waals surface area (Å²) in [5.41, 5.74) is 9.79. The molecule has 6 nitrogen and oxygen atoms in total. The standard InChI is InChI=1S/C16H19N3O3S/c1-12-7-9-14(10-8-12)23(21,22)19-18-16(20)15(17)11-13-5-3-2-4-6-13/h2-10,15,19H,11,17H2,1H3,(H,18,20)/t15-/m0/s1. The number of hydrogen-bond acceptors (Lipinski definition) is 4. The highest BCUT2D eigenvalue weighted by Gasteiger charge is 2.18. The zero-order valence-corrected chi connectivity index (χ0v) is 13.5. The van der Waals surface area contributed by atoms with Gasteiger partial charge in [-0.2, -0.15) is 0 Å². The minimum absolute atomic E-state index is 0.0695. The minimum Gasteiger partial charge on any atom is -0.320 e. The van der Waals surface area contributed by atoms with Crippen LogP contribution in [0.4, 0.5) is 0 Å². The predicted octanol–water partition coefficient (Wildman–Crippen LogP) is 0.875. The van der Waals surface area contributed by atoms with Crippen molar-refractivity contribution in [2.24, 2.45) is 5.73 Å². The fourth-order valence-corrected chi connectivity index (χ4v) is 2.79. The Morgan fingerprint density at radius 1 is 1.09 bits per heavy atom. The van der Waals surface area contributed by atoms with Crippen molar-refractivity contribution in [3.63, 3.8) is 0 Å². The van der Waals surface area contributed by atoms with E-state index in [9.17, 15) is 13.2 Å². The second kappa shape index (κ2) is 7.36. The Kier molecular flexibility index (Phi) is 5.49. The molecule has 0 saturated heterocycles. The van der Waals surface area contributed by atoms with Crippen LogP contribution in [0, 0.1) is 6.92 Å². The fraction of sp³-hybridized carbons (Fsp3) is 0.188. The molecule has 0 aliphatic carbocycles. The molecule has 1 atom stereocenters. The number of amides is 1. The van der Waals surface area contributed by atoms with Crippen molar-refractivity contribution in [1.29, 1.82) is 0 Å². The summed E-state index contributed by atoms with van der Waals surface area (Å²) < 4.78 is 24.1. The van der Waals surface area contributed by atoms with Crippen molar-refractivity contribution in [3.05, 3.63) is 65.7 Å². The number of nitrogens with two attached hydrogens (primary N) is 1. The molecule has 2 rings (SSSR count). The molecule has 122 valence electrons. The van der Waals surface area contributed by atoms with E-state index in [0.717, 1.165) is 11.1 Å². The average molecular weight is 333 g/mol. The summed E-state index contributed by atoms with van der Waals surface area (Å²) in [6.45, 7) is 1.86. The van der Waals surface area contributed by atoms with Crippen LogP contribution in [0.3, 0.4) is 0 Å². The van der Waals surface area contributed by atoms with Crippen molar-refractivity contribution in [1.82, 2.24) is 10.3 Å². The monoisotopic (exact) mass is 333 g/mol. The second-order valence-corrected chi connectivity index (χ2v) is 6.89. The Bertz CT molecular complexity index is 759. The second-order valence-electron chi connectivity index (χ2n) is 5.20. The van der Waals surface area contributed by atoms with Gasteiger partial charge in [-0.1, -0.05) is 48.0 Å². The Hall–Kier alpha value is -2.22. The first kappa shape index (κ1) is 17.1. The molecule has 1 amide bonds. The van der Waals surface area contributed by atoms with Gasteiger partial charge in [0.1, 0.15) is 0 Å².